The molecule has 0 spiro atoms. The molecule has 29 heavy (non-hydrogen) atoms. The van der Waals surface area contributed by atoms with Crippen LogP contribution < -0.4 is 5.32 Å². The first-order valence-corrected chi connectivity index (χ1v) is 10.6. The average Bonchev–Trinajstić information content (AvgIpc) is 3.29. The van der Waals surface area contributed by atoms with Gasteiger partial charge < -0.3 is 10.1 Å². The number of amides is 2. The highest BCUT2D eigenvalue weighted by Gasteiger charge is 2.37. The van der Waals surface area contributed by atoms with Crippen molar-refractivity contribution in [2.24, 2.45) is 0 Å². The molecule has 3 rings (SSSR count). The summed E-state index contributed by atoms with van der Waals surface area (Å²) in [5, 5.41) is 2.95. The van der Waals surface area contributed by atoms with Crippen LogP contribution in [0.3, 0.4) is 0 Å². The summed E-state index contributed by atoms with van der Waals surface area (Å²) in [6.45, 7) is 9.75. The number of hydrogen-bond acceptors (Lipinski definition) is 7. The molecule has 9 heteroatoms. The SMILES string of the molecule is Cc1ncsc1-c1cnc([C@H](C)NC(=O)[C@@H]2CCCN2C(=O)OC(C)(C)C)cn1. The summed E-state index contributed by atoms with van der Waals surface area (Å²) in [7, 11) is 0. The third-order valence-electron chi connectivity index (χ3n) is 4.64. The van der Waals surface area contributed by atoms with Gasteiger partial charge in [0.25, 0.3) is 0 Å². The van der Waals surface area contributed by atoms with Crippen molar-refractivity contribution in [3.8, 4) is 10.6 Å². The lowest BCUT2D eigenvalue weighted by atomic mass is 10.1. The van der Waals surface area contributed by atoms with Crippen molar-refractivity contribution >= 4 is 23.3 Å². The van der Waals surface area contributed by atoms with Gasteiger partial charge in [0.05, 0.1) is 40.2 Å². The molecule has 8 nitrogen and oxygen atoms in total. The number of aryl methyl sites for hydroxylation is 1. The largest absolute Gasteiger partial charge is 0.444 e. The Kier molecular flexibility index (Phi) is 6.16. The predicted molar refractivity (Wildman–Crippen MR) is 110 cm³/mol. The second kappa shape index (κ2) is 8.44. The number of carbonyl (C=O) groups is 2. The third-order valence-corrected chi connectivity index (χ3v) is 5.59. The summed E-state index contributed by atoms with van der Waals surface area (Å²) in [5.74, 6) is -0.204. The van der Waals surface area contributed by atoms with Gasteiger partial charge in [0.15, 0.2) is 0 Å². The lowest BCUT2D eigenvalue weighted by molar-refractivity contribution is -0.126. The van der Waals surface area contributed by atoms with Crippen molar-refractivity contribution in [1.82, 2.24) is 25.2 Å². The fraction of sp³-hybridized carbons (Fsp3) is 0.550. The van der Waals surface area contributed by atoms with Gasteiger partial charge in [-0.3, -0.25) is 19.7 Å². The second-order valence-corrected chi connectivity index (χ2v) is 9.01. The zero-order chi connectivity index (χ0) is 21.2. The molecule has 0 bridgehead atoms. The first kappa shape index (κ1) is 21.2. The molecular formula is C20H27N5O3S. The van der Waals surface area contributed by atoms with E-state index in [2.05, 4.69) is 20.3 Å². The Morgan fingerprint density at radius 1 is 1.28 bits per heavy atom. The van der Waals surface area contributed by atoms with E-state index in [9.17, 15) is 9.59 Å². The van der Waals surface area contributed by atoms with E-state index in [1.54, 1.807) is 17.9 Å². The molecule has 0 radical (unpaired) electrons. The maximum Gasteiger partial charge on any atom is 0.410 e. The lowest BCUT2D eigenvalue weighted by Crippen LogP contribution is -2.48. The quantitative estimate of drug-likeness (QED) is 0.818. The van der Waals surface area contributed by atoms with E-state index in [1.165, 1.54) is 16.2 Å². The highest BCUT2D eigenvalue weighted by atomic mass is 32.1. The minimum atomic E-state index is -0.595. The Morgan fingerprint density at radius 2 is 2.03 bits per heavy atom. The van der Waals surface area contributed by atoms with Crippen LogP contribution in [-0.2, 0) is 9.53 Å². The Hall–Kier alpha value is -2.55. The number of likely N-dealkylation sites (tertiary alicyclic amines) is 1. The molecule has 0 aromatic carbocycles. The van der Waals surface area contributed by atoms with Crippen molar-refractivity contribution < 1.29 is 14.3 Å². The smallest absolute Gasteiger partial charge is 0.410 e. The molecule has 156 valence electrons. The monoisotopic (exact) mass is 417 g/mol. The molecule has 0 unspecified atom stereocenters. The molecule has 2 atom stereocenters. The number of hydrogen-bond donors (Lipinski definition) is 1. The van der Waals surface area contributed by atoms with Crippen LogP contribution in [-0.4, -0.2) is 50.0 Å². The van der Waals surface area contributed by atoms with Crippen LogP contribution in [0.15, 0.2) is 17.9 Å². The number of thiazole rings is 1. The standard InChI is InChI=1S/C20H27N5O3S/c1-12(14-9-22-15(10-21-14)17-13(2)23-11-29-17)24-18(26)16-7-6-8-25(16)19(27)28-20(3,4)5/h9-12,16H,6-8H2,1-5H3,(H,24,26)/t12-,16-/m0/s1. The molecule has 2 amide bonds. The summed E-state index contributed by atoms with van der Waals surface area (Å²) in [6.07, 6.45) is 4.30. The van der Waals surface area contributed by atoms with Gasteiger partial charge in [0, 0.05) is 6.54 Å². The van der Waals surface area contributed by atoms with Crippen molar-refractivity contribution in [3.05, 3.63) is 29.3 Å². The summed E-state index contributed by atoms with van der Waals surface area (Å²) in [4.78, 5) is 40.8. The molecule has 1 aliphatic rings. The fourth-order valence-electron chi connectivity index (χ4n) is 3.19. The van der Waals surface area contributed by atoms with Gasteiger partial charge in [-0.15, -0.1) is 11.3 Å². The molecule has 1 fully saturated rings. The number of ether oxygens (including phenoxy) is 1. The van der Waals surface area contributed by atoms with Crippen molar-refractivity contribution in [2.75, 3.05) is 6.54 Å². The highest BCUT2D eigenvalue weighted by molar-refractivity contribution is 7.13. The highest BCUT2D eigenvalue weighted by Crippen LogP contribution is 2.25. The molecule has 0 saturated carbocycles. The van der Waals surface area contributed by atoms with Gasteiger partial charge in [-0.1, -0.05) is 0 Å². The van der Waals surface area contributed by atoms with Gasteiger partial charge in [0.1, 0.15) is 17.3 Å². The summed E-state index contributed by atoms with van der Waals surface area (Å²) in [6, 6.07) is -0.855. The fourth-order valence-corrected chi connectivity index (χ4v) is 3.95. The lowest BCUT2D eigenvalue weighted by Gasteiger charge is -2.28. The van der Waals surface area contributed by atoms with E-state index < -0.39 is 17.7 Å². The maximum atomic E-state index is 12.8. The molecule has 1 N–H and O–H groups in total. The van der Waals surface area contributed by atoms with Gasteiger partial charge in [0.2, 0.25) is 5.91 Å². The number of nitrogens with one attached hydrogen (secondary N) is 1. The average molecular weight is 418 g/mol. The van der Waals surface area contributed by atoms with Gasteiger partial charge in [-0.05, 0) is 47.5 Å². The van der Waals surface area contributed by atoms with Crippen LogP contribution in [0, 0.1) is 6.92 Å². The van der Waals surface area contributed by atoms with Crippen molar-refractivity contribution in [1.29, 1.82) is 0 Å². The van der Waals surface area contributed by atoms with Crippen LogP contribution in [0.1, 0.15) is 58.0 Å². The van der Waals surface area contributed by atoms with Gasteiger partial charge >= 0.3 is 6.09 Å². The Labute approximate surface area is 174 Å². The second-order valence-electron chi connectivity index (χ2n) is 8.16. The zero-order valence-corrected chi connectivity index (χ0v) is 18.2. The first-order valence-electron chi connectivity index (χ1n) is 9.68. The Bertz CT molecular complexity index is 875. The van der Waals surface area contributed by atoms with Crippen LogP contribution in [0.2, 0.25) is 0 Å². The Balaban J connectivity index is 1.64. The summed E-state index contributed by atoms with van der Waals surface area (Å²) >= 11 is 1.52. The van der Waals surface area contributed by atoms with E-state index >= 15 is 0 Å². The van der Waals surface area contributed by atoms with E-state index in [0.717, 1.165) is 22.7 Å². The van der Waals surface area contributed by atoms with E-state index in [4.69, 9.17) is 4.74 Å². The molecule has 3 heterocycles. The first-order chi connectivity index (χ1) is 13.7. The number of nitrogens with zero attached hydrogens (tertiary/aromatic N) is 4. The van der Waals surface area contributed by atoms with E-state index in [0.29, 0.717) is 18.7 Å². The van der Waals surface area contributed by atoms with Crippen LogP contribution in [0.4, 0.5) is 4.79 Å². The summed E-state index contributed by atoms with van der Waals surface area (Å²) in [5.41, 5.74) is 3.52. The normalized spacial score (nSPS) is 17.8. The summed E-state index contributed by atoms with van der Waals surface area (Å²) < 4.78 is 5.43. The van der Waals surface area contributed by atoms with Crippen LogP contribution in [0.25, 0.3) is 10.6 Å². The number of rotatable bonds is 4. The Morgan fingerprint density at radius 3 is 2.62 bits per heavy atom. The van der Waals surface area contributed by atoms with Crippen molar-refractivity contribution in [2.45, 2.75) is 65.1 Å². The minimum Gasteiger partial charge on any atom is -0.444 e. The topological polar surface area (TPSA) is 97.3 Å². The maximum absolute atomic E-state index is 12.8. The molecule has 0 aliphatic carbocycles. The molecule has 2 aromatic rings. The van der Waals surface area contributed by atoms with Crippen LogP contribution in [0.5, 0.6) is 0 Å². The van der Waals surface area contributed by atoms with Crippen LogP contribution >= 0.6 is 11.3 Å². The van der Waals surface area contributed by atoms with Gasteiger partial charge in [-0.25, -0.2) is 9.78 Å². The molecule has 1 aliphatic heterocycles. The van der Waals surface area contributed by atoms with E-state index in [1.807, 2.05) is 34.6 Å². The third kappa shape index (κ3) is 5.09. The molecule has 1 saturated heterocycles. The van der Waals surface area contributed by atoms with Crippen molar-refractivity contribution in [3.63, 3.8) is 0 Å². The van der Waals surface area contributed by atoms with Gasteiger partial charge in [-0.2, -0.15) is 0 Å². The zero-order valence-electron chi connectivity index (χ0n) is 17.4. The number of aromatic nitrogens is 3. The molecular weight excluding hydrogens is 390 g/mol. The predicted octanol–water partition coefficient (Wildman–Crippen LogP) is 3.49. The van der Waals surface area contributed by atoms with E-state index in [-0.39, 0.29) is 11.9 Å². The molecule has 2 aromatic heterocycles. The number of carbonyl (C=O) groups excluding carboxylic acids is 2. The minimum absolute atomic E-state index is 0.204.